The van der Waals surface area contributed by atoms with Gasteiger partial charge in [0.05, 0.1) is 36.3 Å². The molecule has 2 heterocycles. The summed E-state index contributed by atoms with van der Waals surface area (Å²) in [5.41, 5.74) is 1.75. The summed E-state index contributed by atoms with van der Waals surface area (Å²) in [5.74, 6) is 0.694. The molecule has 1 aliphatic rings. The molecule has 1 aliphatic carbocycles. The fourth-order valence-corrected chi connectivity index (χ4v) is 6.03. The van der Waals surface area contributed by atoms with E-state index in [2.05, 4.69) is 4.74 Å². The molecule has 1 amide bonds. The predicted molar refractivity (Wildman–Crippen MR) is 151 cm³/mol. The Balaban J connectivity index is 0.000000681. The van der Waals surface area contributed by atoms with Crippen LogP contribution in [-0.2, 0) is 37.4 Å². The molecule has 212 valence electrons. The lowest BCUT2D eigenvalue weighted by atomic mass is 10.1. The Morgan fingerprint density at radius 3 is 2.48 bits per heavy atom. The Morgan fingerprint density at radius 1 is 1.05 bits per heavy atom. The van der Waals surface area contributed by atoms with Crippen LogP contribution < -0.4 is 4.31 Å². The molecule has 2 aromatic heterocycles. The third kappa shape index (κ3) is 6.86. The molecule has 9 nitrogen and oxygen atoms in total. The van der Waals surface area contributed by atoms with Gasteiger partial charge in [-0.05, 0) is 86.8 Å². The number of rotatable bonds is 11. The lowest BCUT2D eigenvalue weighted by Gasteiger charge is -2.28. The zero-order valence-corrected chi connectivity index (χ0v) is 23.9. The Bertz CT molecular complexity index is 1550. The van der Waals surface area contributed by atoms with E-state index >= 15 is 0 Å². The molecule has 0 atom stereocenters. The third-order valence-corrected chi connectivity index (χ3v) is 8.49. The van der Waals surface area contributed by atoms with Gasteiger partial charge in [0.15, 0.2) is 0 Å². The molecule has 0 spiro atoms. The van der Waals surface area contributed by atoms with Gasteiger partial charge in [-0.1, -0.05) is 11.6 Å². The molecule has 0 aliphatic heterocycles. The number of carbonyl (C=O) groups is 2. The minimum Gasteiger partial charge on any atom is -0.468 e. The highest BCUT2D eigenvalue weighted by atomic mass is 35.5. The van der Waals surface area contributed by atoms with E-state index in [9.17, 15) is 18.0 Å². The van der Waals surface area contributed by atoms with Gasteiger partial charge in [0.1, 0.15) is 11.3 Å². The van der Waals surface area contributed by atoms with Gasteiger partial charge in [-0.15, -0.1) is 0 Å². The van der Waals surface area contributed by atoms with Gasteiger partial charge in [-0.3, -0.25) is 13.9 Å². The van der Waals surface area contributed by atoms with Crippen LogP contribution in [-0.4, -0.2) is 38.8 Å². The van der Waals surface area contributed by atoms with Gasteiger partial charge < -0.3 is 18.5 Å². The summed E-state index contributed by atoms with van der Waals surface area (Å²) >= 11 is 6.33. The summed E-state index contributed by atoms with van der Waals surface area (Å²) in [5, 5.41) is 1.17. The van der Waals surface area contributed by atoms with Gasteiger partial charge in [-0.25, -0.2) is 8.42 Å². The molecule has 0 unspecified atom stereocenters. The third-order valence-electron chi connectivity index (χ3n) is 6.37. The van der Waals surface area contributed by atoms with Crippen LogP contribution in [0.3, 0.4) is 0 Å². The van der Waals surface area contributed by atoms with E-state index in [1.807, 2.05) is 6.07 Å². The topological polar surface area (TPSA) is 110 Å². The van der Waals surface area contributed by atoms with E-state index in [0.29, 0.717) is 52.6 Å². The van der Waals surface area contributed by atoms with Crippen molar-refractivity contribution in [1.82, 2.24) is 4.90 Å². The Hall–Kier alpha value is -3.76. The van der Waals surface area contributed by atoms with Gasteiger partial charge >= 0.3 is 0 Å². The maximum atomic E-state index is 13.7. The minimum absolute atomic E-state index is 0.000273. The van der Waals surface area contributed by atoms with Crippen LogP contribution in [0.25, 0.3) is 11.0 Å². The number of nitrogens with zero attached hydrogens (tertiary/aromatic N) is 2. The normalized spacial score (nSPS) is 12.9. The summed E-state index contributed by atoms with van der Waals surface area (Å²) in [4.78, 5) is 24.2. The first kappa shape index (κ1) is 29.2. The quantitative estimate of drug-likeness (QED) is 0.198. The van der Waals surface area contributed by atoms with Crippen LogP contribution in [0.4, 0.5) is 5.69 Å². The molecule has 0 N–H and O–H groups in total. The van der Waals surface area contributed by atoms with Crippen molar-refractivity contribution in [3.63, 3.8) is 0 Å². The van der Waals surface area contributed by atoms with Crippen molar-refractivity contribution in [3.8, 4) is 0 Å². The van der Waals surface area contributed by atoms with Crippen molar-refractivity contribution < 1.29 is 31.6 Å². The van der Waals surface area contributed by atoms with Crippen LogP contribution in [0, 0.1) is 5.92 Å². The second kappa shape index (κ2) is 13.1. The van der Waals surface area contributed by atoms with E-state index in [-0.39, 0.29) is 29.8 Å². The molecule has 1 saturated carbocycles. The number of benzene rings is 2. The lowest BCUT2D eigenvalue weighted by molar-refractivity contribution is -0.134. The number of anilines is 1. The number of carbonyl (C=O) groups excluding carboxylic acids is 2. The van der Waals surface area contributed by atoms with Crippen molar-refractivity contribution in [2.75, 3.05) is 17.5 Å². The minimum atomic E-state index is -3.89. The van der Waals surface area contributed by atoms with Crippen molar-refractivity contribution in [2.45, 2.75) is 44.7 Å². The molecule has 40 heavy (non-hydrogen) atoms. The smallest absolute Gasteiger partial charge is 0.293 e. The van der Waals surface area contributed by atoms with Crippen LogP contribution in [0.2, 0.25) is 5.02 Å². The number of amides is 1. The summed E-state index contributed by atoms with van der Waals surface area (Å²) in [6.07, 6.45) is 4.83. The van der Waals surface area contributed by atoms with E-state index in [4.69, 9.17) is 20.4 Å². The van der Waals surface area contributed by atoms with E-state index in [1.165, 1.54) is 10.6 Å². The monoisotopic (exact) mass is 586 g/mol. The molecule has 0 saturated heterocycles. The molecular formula is C29H31ClN2O7S. The lowest BCUT2D eigenvalue weighted by Crippen LogP contribution is -2.34. The maximum Gasteiger partial charge on any atom is 0.293 e. The second-order valence-corrected chi connectivity index (χ2v) is 11.5. The van der Waals surface area contributed by atoms with E-state index in [1.54, 1.807) is 73.5 Å². The highest BCUT2D eigenvalue weighted by molar-refractivity contribution is 7.92. The molecule has 0 bridgehead atoms. The van der Waals surface area contributed by atoms with Crippen LogP contribution in [0.1, 0.15) is 38.0 Å². The largest absolute Gasteiger partial charge is 0.468 e. The molecule has 2 aromatic carbocycles. The molecular weight excluding hydrogens is 556 g/mol. The summed E-state index contributed by atoms with van der Waals surface area (Å²) in [6, 6.07) is 15.2. The molecule has 5 rings (SSSR count). The van der Waals surface area contributed by atoms with Crippen molar-refractivity contribution in [3.05, 3.63) is 83.5 Å². The average Bonchev–Trinajstić information content (AvgIpc) is 3.45. The van der Waals surface area contributed by atoms with E-state index < -0.39 is 10.0 Å². The molecule has 4 aromatic rings. The van der Waals surface area contributed by atoms with Crippen molar-refractivity contribution in [1.29, 1.82) is 0 Å². The summed E-state index contributed by atoms with van der Waals surface area (Å²) in [6.45, 7) is 5.15. The Labute approximate surface area is 238 Å². The number of fused-ring (bicyclic) bond motifs is 1. The van der Waals surface area contributed by atoms with Gasteiger partial charge in [-0.2, -0.15) is 0 Å². The van der Waals surface area contributed by atoms with Gasteiger partial charge in [0.25, 0.3) is 16.5 Å². The van der Waals surface area contributed by atoms with Gasteiger partial charge in [0, 0.05) is 29.4 Å². The Morgan fingerprint density at radius 2 is 1.85 bits per heavy atom. The number of furan rings is 2. The van der Waals surface area contributed by atoms with Crippen LogP contribution >= 0.6 is 11.6 Å². The fourth-order valence-electron chi connectivity index (χ4n) is 4.29. The SMILES string of the molecule is CCN(c1ccc(Cl)cc1CN(Cc1ccco1)C(=O)C1CC1)S(=O)(=O)c1ccc2occc2c1.CCOC=O. The molecule has 11 heteroatoms. The number of hydrogen-bond donors (Lipinski definition) is 0. The van der Waals surface area contributed by atoms with Crippen LogP contribution in [0.15, 0.2) is 80.9 Å². The molecule has 0 radical (unpaired) electrons. The Kier molecular flexibility index (Phi) is 9.54. The van der Waals surface area contributed by atoms with E-state index in [0.717, 1.165) is 12.8 Å². The first-order valence-electron chi connectivity index (χ1n) is 12.9. The highest BCUT2D eigenvalue weighted by Crippen LogP contribution is 2.35. The number of hydrogen-bond acceptors (Lipinski definition) is 7. The first-order chi connectivity index (χ1) is 19.3. The second-order valence-electron chi connectivity index (χ2n) is 9.16. The van der Waals surface area contributed by atoms with Crippen molar-refractivity contribution >= 4 is 50.7 Å². The molecule has 1 fully saturated rings. The highest BCUT2D eigenvalue weighted by Gasteiger charge is 2.35. The fraction of sp³-hybridized carbons (Fsp3) is 0.310. The van der Waals surface area contributed by atoms with Crippen molar-refractivity contribution in [2.24, 2.45) is 5.92 Å². The number of ether oxygens (including phenoxy) is 1. The maximum absolute atomic E-state index is 13.7. The average molecular weight is 587 g/mol. The number of sulfonamides is 1. The summed E-state index contributed by atoms with van der Waals surface area (Å²) in [7, 11) is -3.89. The van der Waals surface area contributed by atoms with Gasteiger partial charge in [0.2, 0.25) is 5.91 Å². The zero-order valence-electron chi connectivity index (χ0n) is 22.3. The number of halogens is 1. The first-order valence-corrected chi connectivity index (χ1v) is 14.7. The predicted octanol–water partition coefficient (Wildman–Crippen LogP) is 6.01. The van der Waals surface area contributed by atoms with Crippen LogP contribution in [0.5, 0.6) is 0 Å². The summed E-state index contributed by atoms with van der Waals surface area (Å²) < 4.78 is 43.8. The zero-order chi connectivity index (χ0) is 28.7. The standard InChI is InChI=1S/C26H25ClN2O5S.C3H6O2/c1-2-29(35(31,32)23-8-10-25-19(15-23)11-13-34-25)24-9-7-21(27)14-20(24)16-28(26(30)18-5-6-18)17-22-4-3-12-33-22;1-2-5-3-4/h3-4,7-15,18H,2,5-6,16-17H2,1H3;3H,2H2,1H3.